The van der Waals surface area contributed by atoms with Crippen LogP contribution in [0, 0.1) is 0 Å². The van der Waals surface area contributed by atoms with Crippen molar-refractivity contribution in [2.45, 2.75) is 0 Å². The molecule has 54 valence electrons. The molecule has 10 heavy (non-hydrogen) atoms. The molecule has 0 atom stereocenters. The number of hydrogen-bond acceptors (Lipinski definition) is 4. The summed E-state index contributed by atoms with van der Waals surface area (Å²) >= 11 is 0. The fourth-order valence-corrected chi connectivity index (χ4v) is 0.590. The van der Waals surface area contributed by atoms with E-state index in [0.29, 0.717) is 0 Å². The van der Waals surface area contributed by atoms with Crippen molar-refractivity contribution in [3.63, 3.8) is 0 Å². The third kappa shape index (κ3) is 1.07. The second kappa shape index (κ2) is 2.38. The maximum atomic E-state index is 10.2. The Bertz CT molecular complexity index is 219. The number of aliphatic hydroxyl groups excluding tert-OH is 1. The molecule has 1 aliphatic rings. The lowest BCUT2D eigenvalue weighted by Gasteiger charge is -2.07. The molecule has 0 aromatic rings. The van der Waals surface area contributed by atoms with Gasteiger partial charge in [-0.15, -0.1) is 0 Å². The molecule has 5 nitrogen and oxygen atoms in total. The molecule has 1 heterocycles. The Labute approximate surface area is 56.7 Å². The van der Waals surface area contributed by atoms with Gasteiger partial charge in [0.25, 0.3) is 0 Å². The highest BCUT2D eigenvalue weighted by Crippen LogP contribution is 2.00. The molecule has 0 bridgehead atoms. The molecule has 0 amide bonds. The van der Waals surface area contributed by atoms with Crippen LogP contribution in [-0.4, -0.2) is 29.1 Å². The third-order valence-corrected chi connectivity index (χ3v) is 1.04. The summed E-state index contributed by atoms with van der Waals surface area (Å²) < 4.78 is 0. The molecule has 0 aromatic carbocycles. The molecule has 0 radical (unpaired) electrons. The average molecular weight is 142 g/mol. The van der Waals surface area contributed by atoms with E-state index >= 15 is 0 Å². The second-order valence-electron chi connectivity index (χ2n) is 1.74. The SMILES string of the molecule is O=C(O)C1=C(O)CN=CN1. The van der Waals surface area contributed by atoms with E-state index in [-0.39, 0.29) is 18.0 Å². The smallest absolute Gasteiger partial charge is 0.355 e. The van der Waals surface area contributed by atoms with Crippen molar-refractivity contribution in [2.24, 2.45) is 4.99 Å². The van der Waals surface area contributed by atoms with E-state index < -0.39 is 5.97 Å². The number of nitrogens with one attached hydrogen (secondary N) is 1. The van der Waals surface area contributed by atoms with Crippen LogP contribution in [0.15, 0.2) is 16.4 Å². The van der Waals surface area contributed by atoms with E-state index in [2.05, 4.69) is 10.3 Å². The molecule has 0 aliphatic carbocycles. The van der Waals surface area contributed by atoms with Gasteiger partial charge in [0, 0.05) is 0 Å². The van der Waals surface area contributed by atoms with Crippen LogP contribution < -0.4 is 5.32 Å². The van der Waals surface area contributed by atoms with E-state index in [1.807, 2.05) is 0 Å². The first-order valence-corrected chi connectivity index (χ1v) is 2.62. The van der Waals surface area contributed by atoms with Crippen LogP contribution in [0.3, 0.4) is 0 Å². The Hall–Kier alpha value is -1.52. The van der Waals surface area contributed by atoms with Gasteiger partial charge in [0.05, 0.1) is 6.34 Å². The van der Waals surface area contributed by atoms with Crippen LogP contribution in [0.5, 0.6) is 0 Å². The molecule has 0 aromatic heterocycles. The second-order valence-corrected chi connectivity index (χ2v) is 1.74. The highest BCUT2D eigenvalue weighted by Gasteiger charge is 2.14. The number of carboxylic acids is 1. The predicted octanol–water partition coefficient (Wildman–Crippen LogP) is -0.528. The molecule has 0 saturated carbocycles. The van der Waals surface area contributed by atoms with Crippen LogP contribution in [0.2, 0.25) is 0 Å². The van der Waals surface area contributed by atoms with Gasteiger partial charge in [0.2, 0.25) is 0 Å². The maximum absolute atomic E-state index is 10.2. The zero-order chi connectivity index (χ0) is 7.56. The lowest BCUT2D eigenvalue weighted by molar-refractivity contribution is -0.133. The van der Waals surface area contributed by atoms with Gasteiger partial charge in [-0.1, -0.05) is 0 Å². The number of aliphatic imine (C=N–C) groups is 1. The molecular formula is C5H6N2O3. The van der Waals surface area contributed by atoms with Gasteiger partial charge < -0.3 is 15.5 Å². The van der Waals surface area contributed by atoms with E-state index in [1.165, 1.54) is 6.34 Å². The molecule has 0 saturated heterocycles. The molecule has 0 fully saturated rings. The molecule has 1 aliphatic heterocycles. The first kappa shape index (κ1) is 6.60. The summed E-state index contributed by atoms with van der Waals surface area (Å²) in [5.74, 6) is -1.42. The van der Waals surface area contributed by atoms with Gasteiger partial charge in [0.1, 0.15) is 12.3 Å². The number of carbonyl (C=O) groups is 1. The number of nitrogens with zero attached hydrogens (tertiary/aromatic N) is 1. The van der Waals surface area contributed by atoms with Crippen LogP contribution in [0.1, 0.15) is 0 Å². The van der Waals surface area contributed by atoms with E-state index in [4.69, 9.17) is 10.2 Å². The van der Waals surface area contributed by atoms with E-state index in [0.717, 1.165) is 0 Å². The molecule has 0 unspecified atom stereocenters. The minimum Gasteiger partial charge on any atom is -0.508 e. The zero-order valence-electron chi connectivity index (χ0n) is 5.03. The molecule has 3 N–H and O–H groups in total. The first-order valence-electron chi connectivity index (χ1n) is 2.62. The average Bonchev–Trinajstić information content (AvgIpc) is 1.88. The Balaban J connectivity index is 2.81. The van der Waals surface area contributed by atoms with Gasteiger partial charge in [0.15, 0.2) is 5.70 Å². The normalized spacial score (nSPS) is 16.8. The number of carboxylic acid groups (broad SMARTS) is 1. The summed E-state index contributed by atoms with van der Waals surface area (Å²) in [7, 11) is 0. The lowest BCUT2D eigenvalue weighted by atomic mass is 10.3. The van der Waals surface area contributed by atoms with Gasteiger partial charge in [-0.3, -0.25) is 4.99 Å². The summed E-state index contributed by atoms with van der Waals surface area (Å²) in [6.45, 7) is 0.0363. The Morgan fingerprint density at radius 1 is 1.80 bits per heavy atom. The zero-order valence-corrected chi connectivity index (χ0v) is 5.03. The van der Waals surface area contributed by atoms with E-state index in [9.17, 15) is 4.79 Å². The number of hydrogen-bond donors (Lipinski definition) is 3. The van der Waals surface area contributed by atoms with Crippen molar-refractivity contribution >= 4 is 12.3 Å². The van der Waals surface area contributed by atoms with Crippen LogP contribution in [-0.2, 0) is 4.79 Å². The van der Waals surface area contributed by atoms with Crippen molar-refractivity contribution in [1.29, 1.82) is 0 Å². The molecular weight excluding hydrogens is 136 g/mol. The first-order chi connectivity index (χ1) is 4.72. The van der Waals surface area contributed by atoms with Crippen LogP contribution in [0.25, 0.3) is 0 Å². The fraction of sp³-hybridized carbons (Fsp3) is 0.200. The van der Waals surface area contributed by atoms with Crippen LogP contribution in [0.4, 0.5) is 0 Å². The highest BCUT2D eigenvalue weighted by molar-refractivity contribution is 5.90. The van der Waals surface area contributed by atoms with Crippen molar-refractivity contribution in [3.05, 3.63) is 11.5 Å². The fourth-order valence-electron chi connectivity index (χ4n) is 0.590. The Morgan fingerprint density at radius 2 is 2.50 bits per heavy atom. The maximum Gasteiger partial charge on any atom is 0.355 e. The predicted molar refractivity (Wildman–Crippen MR) is 33.8 cm³/mol. The third-order valence-electron chi connectivity index (χ3n) is 1.04. The summed E-state index contributed by atoms with van der Waals surface area (Å²) in [5.41, 5.74) is -0.199. The molecule has 5 heteroatoms. The standard InChI is InChI=1S/C5H6N2O3/c8-3-1-6-2-7-4(3)5(9)10/h2,8H,1H2,(H,6,7)(H,9,10). The van der Waals surface area contributed by atoms with Crippen molar-refractivity contribution in [1.82, 2.24) is 5.32 Å². The van der Waals surface area contributed by atoms with Gasteiger partial charge in [-0.05, 0) is 0 Å². The Kier molecular flexibility index (Phi) is 1.57. The number of aliphatic carboxylic acids is 1. The summed E-state index contributed by atoms with van der Waals surface area (Å²) in [6, 6.07) is 0. The quantitative estimate of drug-likeness (QED) is 0.459. The summed E-state index contributed by atoms with van der Waals surface area (Å²) in [6.07, 6.45) is 1.24. The number of rotatable bonds is 1. The van der Waals surface area contributed by atoms with Gasteiger partial charge in [-0.2, -0.15) is 0 Å². The largest absolute Gasteiger partial charge is 0.508 e. The minimum absolute atomic E-state index is 0.0363. The van der Waals surface area contributed by atoms with Gasteiger partial charge in [-0.25, -0.2) is 4.79 Å². The Morgan fingerprint density at radius 3 is 2.90 bits per heavy atom. The van der Waals surface area contributed by atoms with Crippen molar-refractivity contribution in [2.75, 3.05) is 6.54 Å². The summed E-state index contributed by atoms with van der Waals surface area (Å²) in [4.78, 5) is 13.8. The molecule has 0 spiro atoms. The summed E-state index contributed by atoms with van der Waals surface area (Å²) in [5, 5.41) is 19.5. The van der Waals surface area contributed by atoms with E-state index in [1.54, 1.807) is 0 Å². The van der Waals surface area contributed by atoms with Crippen molar-refractivity contribution in [3.8, 4) is 0 Å². The van der Waals surface area contributed by atoms with Gasteiger partial charge >= 0.3 is 5.97 Å². The van der Waals surface area contributed by atoms with Crippen molar-refractivity contribution < 1.29 is 15.0 Å². The minimum atomic E-state index is -1.18. The van der Waals surface area contributed by atoms with Crippen LogP contribution >= 0.6 is 0 Å². The topological polar surface area (TPSA) is 81.9 Å². The monoisotopic (exact) mass is 142 g/mol. The highest BCUT2D eigenvalue weighted by atomic mass is 16.4. The molecule has 1 rings (SSSR count). The number of aliphatic hydroxyl groups is 1. The lowest BCUT2D eigenvalue weighted by Crippen LogP contribution is -2.25.